The Morgan fingerprint density at radius 1 is 1.00 bits per heavy atom. The lowest BCUT2D eigenvalue weighted by Crippen LogP contribution is -2.44. The fraction of sp³-hybridized carbons (Fsp3) is 1.00. The first-order valence-corrected chi connectivity index (χ1v) is 8.40. The molecule has 0 aliphatic heterocycles. The molecule has 5 heteroatoms. The summed E-state index contributed by atoms with van der Waals surface area (Å²) >= 11 is 0. The molecule has 0 amide bonds. The summed E-state index contributed by atoms with van der Waals surface area (Å²) in [6, 6.07) is 0.888. The van der Waals surface area contributed by atoms with Crippen LogP contribution in [-0.4, -0.2) is 31.0 Å². The molecule has 1 N–H and O–H groups in total. The third-order valence-electron chi connectivity index (χ3n) is 5.00. The number of nitrogens with one attached hydrogen (secondary N) is 1. The molecule has 0 aromatic carbocycles. The number of halogens is 3. The maximum atomic E-state index is 12.2. The van der Waals surface area contributed by atoms with Crippen LogP contribution in [0, 0.1) is 5.92 Å². The second-order valence-electron chi connectivity index (χ2n) is 6.70. The zero-order valence-electron chi connectivity index (χ0n) is 12.9. The van der Waals surface area contributed by atoms with Gasteiger partial charge >= 0.3 is 6.18 Å². The molecule has 0 heterocycles. The van der Waals surface area contributed by atoms with Crippen molar-refractivity contribution >= 4 is 0 Å². The van der Waals surface area contributed by atoms with Gasteiger partial charge in [-0.2, -0.15) is 13.2 Å². The topological polar surface area (TPSA) is 21.3 Å². The van der Waals surface area contributed by atoms with E-state index in [-0.39, 0.29) is 6.10 Å². The summed E-state index contributed by atoms with van der Waals surface area (Å²) in [7, 11) is 0. The highest BCUT2D eigenvalue weighted by atomic mass is 19.4. The highest BCUT2D eigenvalue weighted by Crippen LogP contribution is 2.29. The van der Waals surface area contributed by atoms with Gasteiger partial charge in [0.25, 0.3) is 0 Å². The molecule has 2 unspecified atom stereocenters. The summed E-state index contributed by atoms with van der Waals surface area (Å²) in [4.78, 5) is 0. The van der Waals surface area contributed by atoms with Crippen LogP contribution in [0.25, 0.3) is 0 Å². The Morgan fingerprint density at radius 3 is 2.33 bits per heavy atom. The molecule has 0 bridgehead atoms. The van der Waals surface area contributed by atoms with E-state index in [1.54, 1.807) is 0 Å². The quantitative estimate of drug-likeness (QED) is 0.811. The van der Waals surface area contributed by atoms with Gasteiger partial charge in [0.15, 0.2) is 0 Å². The zero-order chi connectivity index (χ0) is 15.3. The van der Waals surface area contributed by atoms with Gasteiger partial charge in [0, 0.05) is 12.1 Å². The monoisotopic (exact) mass is 307 g/mol. The Balaban J connectivity index is 1.69. The molecule has 0 spiro atoms. The summed E-state index contributed by atoms with van der Waals surface area (Å²) in [6.07, 6.45) is 5.34. The van der Waals surface area contributed by atoms with E-state index >= 15 is 0 Å². The molecule has 2 aliphatic rings. The molecular weight excluding hydrogens is 279 g/mol. The maximum Gasteiger partial charge on any atom is 0.411 e. The number of rotatable bonds is 5. The van der Waals surface area contributed by atoms with Crippen molar-refractivity contribution in [2.75, 3.05) is 6.61 Å². The number of hydrogen-bond donors (Lipinski definition) is 1. The third-order valence-corrected chi connectivity index (χ3v) is 5.00. The van der Waals surface area contributed by atoms with Crippen molar-refractivity contribution in [3.63, 3.8) is 0 Å². The van der Waals surface area contributed by atoms with Gasteiger partial charge in [-0.1, -0.05) is 13.3 Å². The summed E-state index contributed by atoms with van der Waals surface area (Å²) in [6.45, 7) is 1.15. The normalized spacial score (nSPS) is 34.9. The molecule has 2 aliphatic carbocycles. The lowest BCUT2D eigenvalue weighted by Gasteiger charge is -2.35. The summed E-state index contributed by atoms with van der Waals surface area (Å²) < 4.78 is 41.7. The van der Waals surface area contributed by atoms with Crippen LogP contribution in [0.4, 0.5) is 13.2 Å². The summed E-state index contributed by atoms with van der Waals surface area (Å²) in [5.74, 6) is 0.872. The molecule has 124 valence electrons. The van der Waals surface area contributed by atoms with E-state index in [1.807, 2.05) is 0 Å². The first-order chi connectivity index (χ1) is 9.96. The largest absolute Gasteiger partial charge is 0.411 e. The van der Waals surface area contributed by atoms with Crippen molar-refractivity contribution in [2.45, 2.75) is 89.1 Å². The van der Waals surface area contributed by atoms with Gasteiger partial charge in [0.2, 0.25) is 0 Å². The van der Waals surface area contributed by atoms with E-state index in [2.05, 4.69) is 12.2 Å². The predicted molar refractivity (Wildman–Crippen MR) is 77.2 cm³/mol. The predicted octanol–water partition coefficient (Wildman–Crippen LogP) is 4.43. The van der Waals surface area contributed by atoms with Gasteiger partial charge < -0.3 is 10.1 Å². The first kappa shape index (κ1) is 17.1. The molecule has 0 aromatic heterocycles. The van der Waals surface area contributed by atoms with Crippen LogP contribution in [0.2, 0.25) is 0 Å². The molecule has 2 fully saturated rings. The van der Waals surface area contributed by atoms with Gasteiger partial charge in [-0.25, -0.2) is 0 Å². The fourth-order valence-electron chi connectivity index (χ4n) is 3.73. The lowest BCUT2D eigenvalue weighted by atomic mass is 9.83. The second kappa shape index (κ2) is 7.82. The Hall–Kier alpha value is -0.290. The Kier molecular flexibility index (Phi) is 6.35. The Morgan fingerprint density at radius 2 is 1.71 bits per heavy atom. The molecule has 2 saturated carbocycles. The molecule has 2 atom stereocenters. The van der Waals surface area contributed by atoms with E-state index in [9.17, 15) is 13.2 Å². The van der Waals surface area contributed by atoms with Gasteiger partial charge in [0.05, 0.1) is 6.10 Å². The van der Waals surface area contributed by atoms with Crippen LogP contribution < -0.4 is 5.32 Å². The molecule has 2 nitrogen and oxygen atoms in total. The van der Waals surface area contributed by atoms with Crippen LogP contribution in [0.3, 0.4) is 0 Å². The minimum atomic E-state index is -4.21. The van der Waals surface area contributed by atoms with Crippen LogP contribution >= 0.6 is 0 Å². The number of alkyl halides is 3. The van der Waals surface area contributed by atoms with Crippen LogP contribution in [-0.2, 0) is 4.74 Å². The minimum absolute atomic E-state index is 0.232. The van der Waals surface area contributed by atoms with Gasteiger partial charge in [0.1, 0.15) is 6.61 Å². The lowest BCUT2D eigenvalue weighted by molar-refractivity contribution is -0.188. The number of hydrogen-bond acceptors (Lipinski definition) is 2. The molecule has 0 radical (unpaired) electrons. The van der Waals surface area contributed by atoms with Crippen molar-refractivity contribution in [1.82, 2.24) is 5.32 Å². The van der Waals surface area contributed by atoms with Crippen molar-refractivity contribution in [2.24, 2.45) is 5.92 Å². The Bertz CT molecular complexity index is 300. The van der Waals surface area contributed by atoms with Crippen LogP contribution in [0.1, 0.15) is 64.7 Å². The van der Waals surface area contributed by atoms with Crippen molar-refractivity contribution in [3.05, 3.63) is 0 Å². The highest BCUT2D eigenvalue weighted by Gasteiger charge is 2.32. The first-order valence-electron chi connectivity index (χ1n) is 8.40. The number of ether oxygens (including phenoxy) is 1. The fourth-order valence-corrected chi connectivity index (χ4v) is 3.73. The molecule has 21 heavy (non-hydrogen) atoms. The average Bonchev–Trinajstić information content (AvgIpc) is 2.46. The molecule has 0 aromatic rings. The smallest absolute Gasteiger partial charge is 0.369 e. The maximum absolute atomic E-state index is 12.2. The van der Waals surface area contributed by atoms with E-state index < -0.39 is 12.8 Å². The minimum Gasteiger partial charge on any atom is -0.369 e. The van der Waals surface area contributed by atoms with E-state index in [4.69, 9.17) is 4.74 Å². The third kappa shape index (κ3) is 6.15. The van der Waals surface area contributed by atoms with E-state index in [0.29, 0.717) is 12.1 Å². The highest BCUT2D eigenvalue weighted by molar-refractivity contribution is 4.84. The van der Waals surface area contributed by atoms with Gasteiger partial charge in [-0.05, 0) is 57.3 Å². The van der Waals surface area contributed by atoms with Gasteiger partial charge in [-0.3, -0.25) is 0 Å². The standard InChI is InChI=1S/C16H28F3NO/c1-2-12-6-8-13(9-7-12)20-14-4-3-5-15(10-14)21-11-16(17,18)19/h12-15,20H,2-11H2,1H3. The Labute approximate surface area is 125 Å². The van der Waals surface area contributed by atoms with Crippen molar-refractivity contribution in [1.29, 1.82) is 0 Å². The van der Waals surface area contributed by atoms with Gasteiger partial charge in [-0.15, -0.1) is 0 Å². The summed E-state index contributed by atoms with van der Waals surface area (Å²) in [5, 5.41) is 3.67. The molecule has 0 saturated heterocycles. The molecular formula is C16H28F3NO. The van der Waals surface area contributed by atoms with E-state index in [0.717, 1.165) is 31.6 Å². The van der Waals surface area contributed by atoms with Crippen LogP contribution in [0.5, 0.6) is 0 Å². The van der Waals surface area contributed by atoms with E-state index in [1.165, 1.54) is 32.1 Å². The van der Waals surface area contributed by atoms with Crippen molar-refractivity contribution in [3.8, 4) is 0 Å². The zero-order valence-corrected chi connectivity index (χ0v) is 12.9. The van der Waals surface area contributed by atoms with Crippen molar-refractivity contribution < 1.29 is 17.9 Å². The van der Waals surface area contributed by atoms with Crippen LogP contribution in [0.15, 0.2) is 0 Å². The average molecular weight is 307 g/mol. The second-order valence-corrected chi connectivity index (χ2v) is 6.70. The SMILES string of the molecule is CCC1CCC(NC2CCCC(OCC(F)(F)F)C2)CC1. The summed E-state index contributed by atoms with van der Waals surface area (Å²) in [5.41, 5.74) is 0. The molecule has 2 rings (SSSR count).